The Morgan fingerprint density at radius 1 is 0.860 bits per heavy atom. The average molecular weight is 566 g/mol. The minimum atomic E-state index is -1.01. The van der Waals surface area contributed by atoms with Crippen molar-refractivity contribution in [2.24, 2.45) is 0 Å². The number of hydrogen-bond acceptors (Lipinski definition) is 5. The second-order valence-corrected chi connectivity index (χ2v) is 10.3. The van der Waals surface area contributed by atoms with Gasteiger partial charge in [0.2, 0.25) is 11.8 Å². The van der Waals surface area contributed by atoms with Gasteiger partial charge in [0, 0.05) is 34.6 Å². The molecule has 0 bridgehead atoms. The zero-order chi connectivity index (χ0) is 29.2. The van der Waals surface area contributed by atoms with Crippen LogP contribution in [0, 0.1) is 0 Å². The zero-order valence-electron chi connectivity index (χ0n) is 23.1. The van der Waals surface area contributed by atoms with E-state index in [4.69, 9.17) is 0 Å². The standard InChI is InChI=1S/C34H27N7O2/c42-32(22-40-31-17-9-8-16-30(31)38-39-40)41(25-18-24-12-4-6-14-28(24)35-20-25)33(27-21-36-29-15-7-5-13-26(27)29)34(43)37-19-23-10-2-1-3-11-23/h1-18,20-21,33,36H,19,22H2,(H,37,43)/t33-/m0/s1. The lowest BCUT2D eigenvalue weighted by Gasteiger charge is -2.31. The maximum absolute atomic E-state index is 14.5. The number of pyridine rings is 1. The number of nitrogens with one attached hydrogen (secondary N) is 2. The molecule has 0 radical (unpaired) electrons. The Morgan fingerprint density at radius 2 is 1.60 bits per heavy atom. The first-order valence-corrected chi connectivity index (χ1v) is 14.0. The highest BCUT2D eigenvalue weighted by Crippen LogP contribution is 2.34. The van der Waals surface area contributed by atoms with Crippen molar-refractivity contribution < 1.29 is 9.59 Å². The van der Waals surface area contributed by atoms with E-state index < -0.39 is 6.04 Å². The number of para-hydroxylation sites is 3. The Labute approximate surface area is 246 Å². The van der Waals surface area contributed by atoms with Gasteiger partial charge in [-0.15, -0.1) is 5.10 Å². The number of aromatic nitrogens is 5. The fraction of sp³-hybridized carbons (Fsp3) is 0.0882. The van der Waals surface area contributed by atoms with E-state index in [-0.39, 0.29) is 18.4 Å². The van der Waals surface area contributed by atoms with Crippen molar-refractivity contribution in [3.63, 3.8) is 0 Å². The zero-order valence-corrected chi connectivity index (χ0v) is 23.1. The Bertz CT molecular complexity index is 2080. The highest BCUT2D eigenvalue weighted by Gasteiger charge is 2.35. The van der Waals surface area contributed by atoms with Crippen LogP contribution in [0.2, 0.25) is 0 Å². The lowest BCUT2D eigenvalue weighted by Crippen LogP contribution is -2.45. The van der Waals surface area contributed by atoms with Gasteiger partial charge < -0.3 is 10.3 Å². The summed E-state index contributed by atoms with van der Waals surface area (Å²) in [5, 5.41) is 13.3. The van der Waals surface area contributed by atoms with Gasteiger partial charge in [-0.3, -0.25) is 19.5 Å². The van der Waals surface area contributed by atoms with Crippen LogP contribution in [0.15, 0.2) is 122 Å². The summed E-state index contributed by atoms with van der Waals surface area (Å²) in [6.07, 6.45) is 3.45. The van der Waals surface area contributed by atoms with Gasteiger partial charge in [-0.25, -0.2) is 4.68 Å². The number of benzene rings is 4. The molecule has 7 rings (SSSR count). The van der Waals surface area contributed by atoms with Crippen molar-refractivity contribution in [3.8, 4) is 0 Å². The predicted molar refractivity (Wildman–Crippen MR) is 166 cm³/mol. The smallest absolute Gasteiger partial charge is 0.249 e. The van der Waals surface area contributed by atoms with Gasteiger partial charge in [0.05, 0.1) is 22.9 Å². The van der Waals surface area contributed by atoms with E-state index in [1.54, 1.807) is 17.1 Å². The van der Waals surface area contributed by atoms with Crippen molar-refractivity contribution in [1.82, 2.24) is 30.3 Å². The SMILES string of the molecule is O=C(NCc1ccccc1)[C@H](c1c[nH]c2ccccc12)N(C(=O)Cn1nnc2ccccc21)c1cnc2ccccc2c1. The van der Waals surface area contributed by atoms with Gasteiger partial charge >= 0.3 is 0 Å². The number of carbonyl (C=O) groups excluding carboxylic acids is 2. The van der Waals surface area contributed by atoms with Crippen LogP contribution < -0.4 is 10.2 Å². The largest absolute Gasteiger partial charge is 0.361 e. The van der Waals surface area contributed by atoms with Crippen molar-refractivity contribution >= 4 is 50.3 Å². The molecule has 0 fully saturated rings. The van der Waals surface area contributed by atoms with Crippen molar-refractivity contribution in [2.75, 3.05) is 4.90 Å². The maximum Gasteiger partial charge on any atom is 0.249 e. The number of amides is 2. The van der Waals surface area contributed by atoms with Crippen LogP contribution in [-0.4, -0.2) is 36.8 Å². The molecule has 0 aliphatic carbocycles. The molecule has 9 nitrogen and oxygen atoms in total. The number of carbonyl (C=O) groups is 2. The first-order chi connectivity index (χ1) is 21.2. The third-order valence-electron chi connectivity index (χ3n) is 7.56. The minimum absolute atomic E-state index is 0.127. The van der Waals surface area contributed by atoms with E-state index in [1.807, 2.05) is 109 Å². The monoisotopic (exact) mass is 565 g/mol. The second kappa shape index (κ2) is 11.2. The molecule has 4 aromatic carbocycles. The summed E-state index contributed by atoms with van der Waals surface area (Å²) in [6.45, 7) is 0.183. The van der Waals surface area contributed by atoms with Gasteiger partial charge in [0.1, 0.15) is 18.1 Å². The lowest BCUT2D eigenvalue weighted by atomic mass is 10.0. The van der Waals surface area contributed by atoms with E-state index in [9.17, 15) is 9.59 Å². The van der Waals surface area contributed by atoms with Gasteiger partial charge in [-0.2, -0.15) is 0 Å². The molecule has 2 N–H and O–H groups in total. The number of fused-ring (bicyclic) bond motifs is 3. The molecule has 210 valence electrons. The first-order valence-electron chi connectivity index (χ1n) is 14.0. The van der Waals surface area contributed by atoms with Crippen LogP contribution in [0.3, 0.4) is 0 Å². The highest BCUT2D eigenvalue weighted by molar-refractivity contribution is 6.04. The van der Waals surface area contributed by atoms with Crippen LogP contribution in [-0.2, 0) is 22.7 Å². The molecule has 0 saturated heterocycles. The Hall–Kier alpha value is -5.83. The Balaban J connectivity index is 1.36. The average Bonchev–Trinajstić information content (AvgIpc) is 3.67. The van der Waals surface area contributed by atoms with Gasteiger partial charge in [0.15, 0.2) is 0 Å². The number of rotatable bonds is 8. The van der Waals surface area contributed by atoms with Crippen molar-refractivity contribution in [3.05, 3.63) is 133 Å². The summed E-state index contributed by atoms with van der Waals surface area (Å²) in [7, 11) is 0. The Morgan fingerprint density at radius 3 is 2.49 bits per heavy atom. The summed E-state index contributed by atoms with van der Waals surface area (Å²) < 4.78 is 1.56. The molecule has 0 saturated carbocycles. The van der Waals surface area contributed by atoms with E-state index in [0.29, 0.717) is 23.3 Å². The minimum Gasteiger partial charge on any atom is -0.361 e. The summed E-state index contributed by atoms with van der Waals surface area (Å²) in [5.74, 6) is -0.656. The second-order valence-electron chi connectivity index (χ2n) is 10.3. The summed E-state index contributed by atoms with van der Waals surface area (Å²) in [4.78, 5) is 38.2. The van der Waals surface area contributed by atoms with E-state index in [2.05, 4.69) is 25.6 Å². The van der Waals surface area contributed by atoms with Gasteiger partial charge in [0.25, 0.3) is 0 Å². The molecule has 0 aliphatic rings. The van der Waals surface area contributed by atoms with Crippen molar-refractivity contribution in [2.45, 2.75) is 19.1 Å². The summed E-state index contributed by atoms with van der Waals surface area (Å²) >= 11 is 0. The molecule has 0 unspecified atom stereocenters. The lowest BCUT2D eigenvalue weighted by molar-refractivity contribution is -0.127. The van der Waals surface area contributed by atoms with E-state index in [1.165, 1.54) is 4.90 Å². The predicted octanol–water partition coefficient (Wildman–Crippen LogP) is 5.55. The first kappa shape index (κ1) is 26.1. The molecule has 7 aromatic rings. The molecular weight excluding hydrogens is 538 g/mol. The number of nitrogens with zero attached hydrogens (tertiary/aromatic N) is 5. The van der Waals surface area contributed by atoms with Crippen molar-refractivity contribution in [1.29, 1.82) is 0 Å². The highest BCUT2D eigenvalue weighted by atomic mass is 16.2. The fourth-order valence-electron chi connectivity index (χ4n) is 5.47. The van der Waals surface area contributed by atoms with Gasteiger partial charge in [-0.1, -0.05) is 84.1 Å². The third kappa shape index (κ3) is 5.08. The molecule has 2 amide bonds. The molecule has 3 heterocycles. The number of aromatic amines is 1. The molecule has 1 atom stereocenters. The number of H-pyrrole nitrogens is 1. The van der Waals surface area contributed by atoms with Gasteiger partial charge in [-0.05, 0) is 35.9 Å². The number of hydrogen-bond donors (Lipinski definition) is 2. The van der Waals surface area contributed by atoms with Crippen LogP contribution in [0.5, 0.6) is 0 Å². The van der Waals surface area contributed by atoms with E-state index >= 15 is 0 Å². The molecule has 43 heavy (non-hydrogen) atoms. The molecule has 0 spiro atoms. The van der Waals surface area contributed by atoms with Crippen LogP contribution in [0.1, 0.15) is 17.2 Å². The third-order valence-corrected chi connectivity index (χ3v) is 7.56. The normalized spacial score (nSPS) is 12.0. The summed E-state index contributed by atoms with van der Waals surface area (Å²) in [5.41, 5.74) is 5.19. The maximum atomic E-state index is 14.5. The summed E-state index contributed by atoms with van der Waals surface area (Å²) in [6, 6.07) is 33.5. The van der Waals surface area contributed by atoms with Crippen LogP contribution in [0.4, 0.5) is 5.69 Å². The number of anilines is 1. The van der Waals surface area contributed by atoms with Crippen LogP contribution >= 0.6 is 0 Å². The fourth-order valence-corrected chi connectivity index (χ4v) is 5.47. The Kier molecular flexibility index (Phi) is 6.80. The quantitative estimate of drug-likeness (QED) is 0.251. The molecule has 0 aliphatic heterocycles. The van der Waals surface area contributed by atoms with Crippen LogP contribution in [0.25, 0.3) is 32.8 Å². The molecule has 9 heteroatoms. The molecular formula is C34H27N7O2. The topological polar surface area (TPSA) is 109 Å². The molecule has 3 aromatic heterocycles. The van der Waals surface area contributed by atoms with E-state index in [0.717, 1.165) is 32.9 Å².